The molecule has 1 heterocycles. The van der Waals surface area contributed by atoms with Gasteiger partial charge in [-0.25, -0.2) is 21.9 Å². The van der Waals surface area contributed by atoms with Crippen molar-refractivity contribution in [3.8, 4) is 0 Å². The van der Waals surface area contributed by atoms with Crippen LogP contribution in [0.25, 0.3) is 0 Å². The van der Waals surface area contributed by atoms with Gasteiger partial charge in [0.25, 0.3) is 0 Å². The van der Waals surface area contributed by atoms with Gasteiger partial charge in [0, 0.05) is 25.2 Å². The zero-order valence-corrected chi connectivity index (χ0v) is 15.2. The predicted molar refractivity (Wildman–Crippen MR) is 92.7 cm³/mol. The molecular weight excluding hydrogens is 386 g/mol. The van der Waals surface area contributed by atoms with E-state index in [0.29, 0.717) is 29.4 Å². The molecule has 27 heavy (non-hydrogen) atoms. The Morgan fingerprint density at radius 1 is 1.04 bits per heavy atom. The summed E-state index contributed by atoms with van der Waals surface area (Å²) in [5, 5.41) is 2.87. The number of rotatable bonds is 5. The largest absolute Gasteiger partial charge is 0.320 e. The van der Waals surface area contributed by atoms with E-state index in [1.165, 1.54) is 0 Å². The first kappa shape index (κ1) is 19.6. The topological polar surface area (TPSA) is 52.6 Å². The lowest BCUT2D eigenvalue weighted by Crippen LogP contribution is -2.46. The van der Waals surface area contributed by atoms with Crippen molar-refractivity contribution in [3.63, 3.8) is 0 Å². The van der Waals surface area contributed by atoms with Crippen LogP contribution in [0.1, 0.15) is 12.0 Å². The van der Waals surface area contributed by atoms with Crippen molar-refractivity contribution in [2.24, 2.45) is 0 Å². The van der Waals surface area contributed by atoms with E-state index in [1.807, 2.05) is 0 Å². The van der Waals surface area contributed by atoms with Crippen molar-refractivity contribution in [1.29, 1.82) is 0 Å². The summed E-state index contributed by atoms with van der Waals surface area (Å²) in [6.07, 6.45) is 0.433. The van der Waals surface area contributed by atoms with Gasteiger partial charge in [-0.15, -0.1) is 0 Å². The molecule has 0 saturated carbocycles. The van der Waals surface area contributed by atoms with Crippen LogP contribution in [0.4, 0.5) is 28.9 Å². The molecule has 0 fully saturated rings. The molecule has 146 valence electrons. The second-order valence-corrected chi connectivity index (χ2v) is 7.83. The van der Waals surface area contributed by atoms with Crippen molar-refractivity contribution in [1.82, 2.24) is 9.62 Å². The molecule has 0 unspecified atom stereocenters. The Bertz CT molecular complexity index is 946. The molecule has 0 atom stereocenters. The summed E-state index contributed by atoms with van der Waals surface area (Å²) in [7, 11) is -2.67. The lowest BCUT2D eigenvalue weighted by Gasteiger charge is -2.37. The van der Waals surface area contributed by atoms with E-state index < -0.39 is 39.2 Å². The quantitative estimate of drug-likeness (QED) is 0.617. The Labute approximate surface area is 154 Å². The number of hydrogen-bond donors (Lipinski definition) is 1. The normalized spacial score (nSPS) is 16.4. The maximum atomic E-state index is 14.4. The van der Waals surface area contributed by atoms with Gasteiger partial charge in [0.2, 0.25) is 0 Å². The van der Waals surface area contributed by atoms with Crippen LogP contribution in [0.15, 0.2) is 30.3 Å². The fourth-order valence-electron chi connectivity index (χ4n) is 2.98. The smallest absolute Gasteiger partial charge is 0.309 e. The zero-order chi connectivity index (χ0) is 19.8. The van der Waals surface area contributed by atoms with E-state index in [4.69, 9.17) is 0 Å². The SMILES string of the molecule is CNCCCN1Cc2cc(F)ccc2N(c2c(F)cc(F)cc2F)S1(=O)=O. The maximum Gasteiger partial charge on any atom is 0.309 e. The molecule has 0 spiro atoms. The number of halogens is 4. The van der Waals surface area contributed by atoms with E-state index in [0.717, 1.165) is 22.5 Å². The molecule has 1 N–H and O–H groups in total. The van der Waals surface area contributed by atoms with Crippen LogP contribution >= 0.6 is 0 Å². The van der Waals surface area contributed by atoms with E-state index >= 15 is 0 Å². The van der Waals surface area contributed by atoms with Crippen LogP contribution < -0.4 is 9.62 Å². The van der Waals surface area contributed by atoms with E-state index in [1.54, 1.807) is 7.05 Å². The van der Waals surface area contributed by atoms with Crippen LogP contribution in [-0.4, -0.2) is 32.9 Å². The average molecular weight is 403 g/mol. The third kappa shape index (κ3) is 3.64. The summed E-state index contributed by atoms with van der Waals surface area (Å²) in [6.45, 7) is 0.432. The first-order valence-electron chi connectivity index (χ1n) is 8.13. The fraction of sp³-hybridized carbons (Fsp3) is 0.294. The highest BCUT2D eigenvalue weighted by atomic mass is 32.2. The summed E-state index contributed by atoms with van der Waals surface area (Å²) in [5.41, 5.74) is -0.759. The van der Waals surface area contributed by atoms with Crippen molar-refractivity contribution >= 4 is 21.6 Å². The summed E-state index contributed by atoms with van der Waals surface area (Å²) < 4.78 is 83.3. The third-order valence-corrected chi connectivity index (χ3v) is 5.99. The van der Waals surface area contributed by atoms with E-state index in [2.05, 4.69) is 5.32 Å². The number of anilines is 2. The Morgan fingerprint density at radius 2 is 1.70 bits per heavy atom. The average Bonchev–Trinajstić information content (AvgIpc) is 2.57. The molecule has 0 saturated heterocycles. The first-order valence-corrected chi connectivity index (χ1v) is 9.53. The Morgan fingerprint density at radius 3 is 2.33 bits per heavy atom. The van der Waals surface area contributed by atoms with Crippen molar-refractivity contribution in [2.75, 3.05) is 24.4 Å². The van der Waals surface area contributed by atoms with Gasteiger partial charge in [0.05, 0.1) is 5.69 Å². The number of benzene rings is 2. The van der Waals surface area contributed by atoms with Gasteiger partial charge >= 0.3 is 10.2 Å². The monoisotopic (exact) mass is 403 g/mol. The standard InChI is InChI=1S/C17H17F4N3O2S/c1-22-5-2-6-23-10-11-7-12(18)3-4-16(11)24(27(23,25)26)17-14(20)8-13(19)9-15(17)21/h3-4,7-9,22H,2,5-6,10H2,1H3. The van der Waals surface area contributed by atoms with Crippen LogP contribution in [0.2, 0.25) is 0 Å². The van der Waals surface area contributed by atoms with Crippen LogP contribution in [0.3, 0.4) is 0 Å². The highest BCUT2D eigenvalue weighted by molar-refractivity contribution is 7.90. The lowest BCUT2D eigenvalue weighted by atomic mass is 10.1. The molecular formula is C17H17F4N3O2S. The minimum absolute atomic E-state index is 0.0556. The van der Waals surface area contributed by atoms with Gasteiger partial charge in [0.15, 0.2) is 11.6 Å². The van der Waals surface area contributed by atoms with Gasteiger partial charge in [-0.05, 0) is 43.8 Å². The number of hydrogen-bond acceptors (Lipinski definition) is 3. The van der Waals surface area contributed by atoms with Gasteiger partial charge in [0.1, 0.15) is 17.3 Å². The van der Waals surface area contributed by atoms with Crippen LogP contribution in [0, 0.1) is 23.3 Å². The molecule has 10 heteroatoms. The highest BCUT2D eigenvalue weighted by Crippen LogP contribution is 2.41. The van der Waals surface area contributed by atoms with Crippen LogP contribution in [0.5, 0.6) is 0 Å². The lowest BCUT2D eigenvalue weighted by molar-refractivity contribution is 0.390. The summed E-state index contributed by atoms with van der Waals surface area (Å²) in [4.78, 5) is 0. The summed E-state index contributed by atoms with van der Waals surface area (Å²) >= 11 is 0. The highest BCUT2D eigenvalue weighted by Gasteiger charge is 2.40. The molecule has 0 radical (unpaired) electrons. The van der Waals surface area contributed by atoms with Crippen LogP contribution in [-0.2, 0) is 16.8 Å². The summed E-state index contributed by atoms with van der Waals surface area (Å²) in [6, 6.07) is 4.04. The zero-order valence-electron chi connectivity index (χ0n) is 14.3. The van der Waals surface area contributed by atoms with Gasteiger partial charge < -0.3 is 5.32 Å². The van der Waals surface area contributed by atoms with Gasteiger partial charge in [-0.2, -0.15) is 12.7 Å². The number of fused-ring (bicyclic) bond motifs is 1. The molecule has 0 amide bonds. The molecule has 2 aromatic carbocycles. The van der Waals surface area contributed by atoms with Gasteiger partial charge in [-0.1, -0.05) is 0 Å². The van der Waals surface area contributed by atoms with E-state index in [-0.39, 0.29) is 24.3 Å². The Kier molecular flexibility index (Phi) is 5.41. The van der Waals surface area contributed by atoms with E-state index in [9.17, 15) is 26.0 Å². The van der Waals surface area contributed by atoms with Crippen molar-refractivity contribution < 1.29 is 26.0 Å². The molecule has 1 aliphatic rings. The predicted octanol–water partition coefficient (Wildman–Crippen LogP) is 3.05. The molecule has 1 aliphatic heterocycles. The minimum Gasteiger partial charge on any atom is -0.320 e. The van der Waals surface area contributed by atoms with Gasteiger partial charge in [-0.3, -0.25) is 0 Å². The second kappa shape index (κ2) is 7.45. The molecule has 2 aromatic rings. The molecule has 0 aromatic heterocycles. The minimum atomic E-state index is -4.37. The molecule has 0 bridgehead atoms. The summed E-state index contributed by atoms with van der Waals surface area (Å²) in [5.74, 6) is -4.52. The second-order valence-electron chi connectivity index (χ2n) is 6.05. The Hall–Kier alpha value is -2.17. The Balaban J connectivity index is 2.18. The number of nitrogens with one attached hydrogen (secondary N) is 1. The first-order chi connectivity index (χ1) is 12.8. The number of nitrogens with zero attached hydrogens (tertiary/aromatic N) is 2. The maximum absolute atomic E-state index is 14.4. The van der Waals surface area contributed by atoms with Crippen molar-refractivity contribution in [3.05, 3.63) is 59.2 Å². The fourth-order valence-corrected chi connectivity index (χ4v) is 4.71. The molecule has 0 aliphatic carbocycles. The molecule has 5 nitrogen and oxygen atoms in total. The third-order valence-electron chi connectivity index (χ3n) is 4.18. The van der Waals surface area contributed by atoms with Crippen molar-refractivity contribution in [2.45, 2.75) is 13.0 Å². The molecule has 3 rings (SSSR count).